The summed E-state index contributed by atoms with van der Waals surface area (Å²) in [6.45, 7) is 2.13. The quantitative estimate of drug-likeness (QED) is 0.150. The molecule has 39 heavy (non-hydrogen) atoms. The van der Waals surface area contributed by atoms with E-state index in [1.54, 1.807) is 25.8 Å². The number of carbonyl (C=O) groups is 1. The van der Waals surface area contributed by atoms with Gasteiger partial charge in [-0.2, -0.15) is 0 Å². The molecule has 0 aliphatic rings. The minimum atomic E-state index is -0.292. The average molecular weight is 558 g/mol. The third-order valence-electron chi connectivity index (χ3n) is 5.79. The maximum absolute atomic E-state index is 12.0. The first kappa shape index (κ1) is 26.6. The van der Waals surface area contributed by atoms with Crippen LogP contribution in [0.4, 0.5) is 0 Å². The number of hydrogen-bond donors (Lipinski definition) is 1. The number of H-pyrrole nitrogens is 1. The van der Waals surface area contributed by atoms with E-state index in [0.717, 1.165) is 44.9 Å². The monoisotopic (exact) mass is 557 g/mol. The van der Waals surface area contributed by atoms with E-state index in [0.29, 0.717) is 17.5 Å². The predicted molar refractivity (Wildman–Crippen MR) is 154 cm³/mol. The maximum Gasteiger partial charge on any atom is 0.316 e. The first-order chi connectivity index (χ1) is 19.2. The number of nitrogens with zero attached hydrogens (tertiary/aromatic N) is 4. The van der Waals surface area contributed by atoms with Crippen LogP contribution in [0, 0.1) is 0 Å². The van der Waals surface area contributed by atoms with Crippen LogP contribution in [0.1, 0.15) is 12.7 Å². The average Bonchev–Trinajstić information content (AvgIpc) is 3.60. The first-order valence-electron chi connectivity index (χ1n) is 12.4. The highest BCUT2D eigenvalue weighted by atomic mass is 32.2. The summed E-state index contributed by atoms with van der Waals surface area (Å²) in [4.78, 5) is 20.5. The summed E-state index contributed by atoms with van der Waals surface area (Å²) in [7, 11) is 1.63. The summed E-state index contributed by atoms with van der Waals surface area (Å²) in [5, 5.41) is 10.2. The number of aromatic amines is 1. The Bertz CT molecular complexity index is 1460. The van der Waals surface area contributed by atoms with Gasteiger partial charge >= 0.3 is 5.97 Å². The number of imidazole rings is 1. The number of ether oxygens (including phenoxy) is 2. The Labute approximate surface area is 235 Å². The number of thioether (sulfide) groups is 2. The molecule has 0 radical (unpaired) electrons. The number of aromatic nitrogens is 5. The molecule has 0 bridgehead atoms. The fourth-order valence-corrected chi connectivity index (χ4v) is 5.53. The van der Waals surface area contributed by atoms with E-state index in [1.165, 1.54) is 11.8 Å². The van der Waals surface area contributed by atoms with Crippen molar-refractivity contribution >= 4 is 29.5 Å². The second-order valence-electron chi connectivity index (χ2n) is 8.31. The van der Waals surface area contributed by atoms with Gasteiger partial charge in [0.1, 0.15) is 11.6 Å². The van der Waals surface area contributed by atoms with Crippen molar-refractivity contribution in [1.29, 1.82) is 0 Å². The van der Waals surface area contributed by atoms with E-state index in [2.05, 4.69) is 39.4 Å². The predicted octanol–water partition coefficient (Wildman–Crippen LogP) is 6.28. The molecule has 5 rings (SSSR count). The summed E-state index contributed by atoms with van der Waals surface area (Å²) in [6.07, 6.45) is 0. The molecule has 3 aromatic carbocycles. The van der Waals surface area contributed by atoms with Gasteiger partial charge in [-0.15, -0.1) is 10.2 Å². The largest absolute Gasteiger partial charge is 0.497 e. The van der Waals surface area contributed by atoms with Crippen molar-refractivity contribution in [3.05, 3.63) is 90.8 Å². The highest BCUT2D eigenvalue weighted by molar-refractivity contribution is 7.99. The highest BCUT2D eigenvalue weighted by Gasteiger charge is 2.19. The molecular formula is C29H27N5O3S2. The van der Waals surface area contributed by atoms with Crippen LogP contribution >= 0.6 is 23.5 Å². The summed E-state index contributed by atoms with van der Waals surface area (Å²) in [6, 6.07) is 28.0. The summed E-state index contributed by atoms with van der Waals surface area (Å²) in [5.41, 5.74) is 4.84. The van der Waals surface area contributed by atoms with Crippen molar-refractivity contribution in [2.45, 2.75) is 23.0 Å². The number of benzene rings is 3. The van der Waals surface area contributed by atoms with Crippen LogP contribution in [0.2, 0.25) is 0 Å². The van der Waals surface area contributed by atoms with Crippen molar-refractivity contribution in [1.82, 2.24) is 24.7 Å². The van der Waals surface area contributed by atoms with Crippen LogP contribution in [-0.2, 0) is 15.3 Å². The van der Waals surface area contributed by atoms with E-state index < -0.39 is 0 Å². The van der Waals surface area contributed by atoms with Crippen LogP contribution < -0.4 is 4.74 Å². The van der Waals surface area contributed by atoms with Gasteiger partial charge in [-0.25, -0.2) is 4.98 Å². The Hall–Kier alpha value is -4.02. The molecule has 2 heterocycles. The number of methoxy groups -OCH3 is 1. The van der Waals surface area contributed by atoms with Crippen molar-refractivity contribution < 1.29 is 14.3 Å². The lowest BCUT2D eigenvalue weighted by Gasteiger charge is -2.10. The molecule has 0 amide bonds. The van der Waals surface area contributed by atoms with Gasteiger partial charge in [0.05, 0.1) is 36.6 Å². The smallest absolute Gasteiger partial charge is 0.316 e. The van der Waals surface area contributed by atoms with Crippen molar-refractivity contribution in [2.75, 3.05) is 19.5 Å². The lowest BCUT2D eigenvalue weighted by molar-refractivity contribution is -0.139. The Morgan fingerprint density at radius 3 is 2.26 bits per heavy atom. The summed E-state index contributed by atoms with van der Waals surface area (Å²) >= 11 is 2.84. The Morgan fingerprint density at radius 2 is 1.59 bits per heavy atom. The van der Waals surface area contributed by atoms with E-state index in [1.807, 2.05) is 65.2 Å². The molecule has 0 aliphatic heterocycles. The maximum atomic E-state index is 12.0. The fraction of sp³-hybridized carbons (Fsp3) is 0.172. The second-order valence-corrected chi connectivity index (χ2v) is 10.2. The number of carbonyl (C=O) groups excluding carboxylic acids is 1. The molecule has 198 valence electrons. The SMILES string of the molecule is CCOC(=O)CSc1nnc(CSc2nc(-c3ccccc3)c(-c3ccccc3)[nH]2)n1-c1ccc(OC)cc1. The Morgan fingerprint density at radius 1 is 0.897 bits per heavy atom. The molecule has 1 N–H and O–H groups in total. The van der Waals surface area contributed by atoms with Gasteiger partial charge in [0, 0.05) is 16.8 Å². The molecule has 0 unspecified atom stereocenters. The number of rotatable bonds is 11. The number of esters is 1. The first-order valence-corrected chi connectivity index (χ1v) is 14.3. The summed E-state index contributed by atoms with van der Waals surface area (Å²) < 4.78 is 12.4. The number of nitrogens with one attached hydrogen (secondary N) is 1. The minimum absolute atomic E-state index is 0.147. The van der Waals surface area contributed by atoms with Crippen LogP contribution in [0.5, 0.6) is 5.75 Å². The molecule has 0 atom stereocenters. The van der Waals surface area contributed by atoms with Gasteiger partial charge in [-0.05, 0) is 31.2 Å². The van der Waals surface area contributed by atoms with Gasteiger partial charge in [0.2, 0.25) is 0 Å². The van der Waals surface area contributed by atoms with Gasteiger partial charge in [0.25, 0.3) is 0 Å². The minimum Gasteiger partial charge on any atom is -0.497 e. The molecule has 0 saturated carbocycles. The van der Waals surface area contributed by atoms with Gasteiger partial charge in [-0.3, -0.25) is 9.36 Å². The molecule has 0 spiro atoms. The van der Waals surface area contributed by atoms with Gasteiger partial charge in [-0.1, -0.05) is 84.2 Å². The Kier molecular flexibility index (Phi) is 8.65. The van der Waals surface area contributed by atoms with Crippen molar-refractivity contribution in [3.63, 3.8) is 0 Å². The van der Waals surface area contributed by atoms with Crippen LogP contribution in [0.3, 0.4) is 0 Å². The van der Waals surface area contributed by atoms with Gasteiger partial charge in [0.15, 0.2) is 10.3 Å². The van der Waals surface area contributed by atoms with E-state index in [-0.39, 0.29) is 11.7 Å². The third-order valence-corrected chi connectivity index (χ3v) is 7.56. The topological polar surface area (TPSA) is 94.9 Å². The van der Waals surface area contributed by atoms with Crippen LogP contribution in [0.15, 0.2) is 95.2 Å². The van der Waals surface area contributed by atoms with E-state index in [4.69, 9.17) is 14.5 Å². The third kappa shape index (κ3) is 6.35. The zero-order valence-electron chi connectivity index (χ0n) is 21.5. The molecule has 5 aromatic rings. The standard InChI is InChI=1S/C29H27N5O3S2/c1-3-37-25(35)19-39-29-33-32-24(34(29)22-14-16-23(36-2)17-15-22)18-38-28-30-26(20-10-6-4-7-11-20)27(31-28)21-12-8-5-9-13-21/h4-17H,3,18-19H2,1-2H3,(H,30,31). The van der Waals surface area contributed by atoms with E-state index in [9.17, 15) is 4.79 Å². The highest BCUT2D eigenvalue weighted by Crippen LogP contribution is 2.34. The van der Waals surface area contributed by atoms with Crippen molar-refractivity contribution in [3.8, 4) is 34.0 Å². The van der Waals surface area contributed by atoms with Crippen LogP contribution in [-0.4, -0.2) is 50.2 Å². The fourth-order valence-electron chi connectivity index (χ4n) is 3.98. The number of hydrogen-bond acceptors (Lipinski definition) is 8. The lowest BCUT2D eigenvalue weighted by atomic mass is 10.1. The second kappa shape index (κ2) is 12.7. The summed E-state index contributed by atoms with van der Waals surface area (Å²) in [5.74, 6) is 1.85. The molecule has 8 nitrogen and oxygen atoms in total. The normalized spacial score (nSPS) is 10.9. The zero-order valence-corrected chi connectivity index (χ0v) is 23.2. The van der Waals surface area contributed by atoms with Crippen LogP contribution in [0.25, 0.3) is 28.2 Å². The molecule has 0 fully saturated rings. The van der Waals surface area contributed by atoms with Crippen molar-refractivity contribution in [2.24, 2.45) is 0 Å². The molecule has 0 saturated heterocycles. The molecule has 10 heteroatoms. The zero-order chi connectivity index (χ0) is 27.0. The Balaban J connectivity index is 1.44. The van der Waals surface area contributed by atoms with E-state index >= 15 is 0 Å². The molecule has 0 aliphatic carbocycles. The molecule has 2 aromatic heterocycles. The molecular weight excluding hydrogens is 530 g/mol. The lowest BCUT2D eigenvalue weighted by Crippen LogP contribution is -2.08. The van der Waals surface area contributed by atoms with Gasteiger partial charge < -0.3 is 14.5 Å².